The van der Waals surface area contributed by atoms with Crippen LogP contribution in [0.1, 0.15) is 23.0 Å². The van der Waals surface area contributed by atoms with Crippen molar-refractivity contribution in [2.75, 3.05) is 50.0 Å². The topological polar surface area (TPSA) is 102 Å². The molecular formula is C20H26FN7O2. The second-order valence-electron chi connectivity index (χ2n) is 6.90. The minimum absolute atomic E-state index is 0.199. The normalized spacial score (nSPS) is 14.3. The van der Waals surface area contributed by atoms with E-state index in [0.717, 1.165) is 38.3 Å². The van der Waals surface area contributed by atoms with Crippen molar-refractivity contribution in [3.8, 4) is 0 Å². The van der Waals surface area contributed by atoms with Crippen LogP contribution in [0.25, 0.3) is 0 Å². The Morgan fingerprint density at radius 2 is 1.93 bits per heavy atom. The summed E-state index contributed by atoms with van der Waals surface area (Å²) in [5, 5.41) is 7.76. The van der Waals surface area contributed by atoms with Crippen LogP contribution in [0.4, 0.5) is 20.7 Å². The molecule has 160 valence electrons. The molecule has 0 bridgehead atoms. The molecule has 30 heavy (non-hydrogen) atoms. The van der Waals surface area contributed by atoms with Crippen molar-refractivity contribution in [3.63, 3.8) is 0 Å². The molecule has 0 radical (unpaired) electrons. The first-order valence-electron chi connectivity index (χ1n) is 9.85. The van der Waals surface area contributed by atoms with E-state index in [9.17, 15) is 14.0 Å². The van der Waals surface area contributed by atoms with Crippen LogP contribution in [0.5, 0.6) is 0 Å². The predicted octanol–water partition coefficient (Wildman–Crippen LogP) is 1.44. The molecule has 1 saturated heterocycles. The van der Waals surface area contributed by atoms with E-state index >= 15 is 0 Å². The summed E-state index contributed by atoms with van der Waals surface area (Å²) in [4.78, 5) is 35.7. The molecule has 2 aromatic heterocycles. The summed E-state index contributed by atoms with van der Waals surface area (Å²) >= 11 is 0. The summed E-state index contributed by atoms with van der Waals surface area (Å²) < 4.78 is 14.2. The molecule has 0 atom stereocenters. The van der Waals surface area contributed by atoms with Crippen LogP contribution in [0.3, 0.4) is 0 Å². The molecular weight excluding hydrogens is 389 g/mol. The number of rotatable bonds is 6. The van der Waals surface area contributed by atoms with Gasteiger partial charge in [-0.3, -0.25) is 15.0 Å². The van der Waals surface area contributed by atoms with E-state index in [1.807, 2.05) is 19.1 Å². The van der Waals surface area contributed by atoms with Gasteiger partial charge in [-0.25, -0.2) is 19.2 Å². The Morgan fingerprint density at radius 1 is 1.17 bits per heavy atom. The minimum Gasteiger partial charge on any atom is -0.368 e. The number of carbonyl (C=O) groups is 2. The first kappa shape index (κ1) is 21.4. The fourth-order valence-electron chi connectivity index (χ4n) is 3.27. The lowest BCUT2D eigenvalue weighted by atomic mass is 10.2. The van der Waals surface area contributed by atoms with Crippen LogP contribution in [0.2, 0.25) is 0 Å². The number of nitrogens with zero attached hydrogens (tertiary/aromatic N) is 4. The Hall–Kier alpha value is -3.27. The highest BCUT2D eigenvalue weighted by atomic mass is 19.1. The minimum atomic E-state index is -0.627. The van der Waals surface area contributed by atoms with Crippen molar-refractivity contribution in [3.05, 3.63) is 47.7 Å². The van der Waals surface area contributed by atoms with Crippen LogP contribution < -0.4 is 20.9 Å². The molecule has 3 heterocycles. The van der Waals surface area contributed by atoms with Crippen molar-refractivity contribution in [2.45, 2.75) is 13.5 Å². The zero-order valence-corrected chi connectivity index (χ0v) is 17.1. The number of aromatic nitrogens is 2. The monoisotopic (exact) mass is 415 g/mol. The van der Waals surface area contributed by atoms with Gasteiger partial charge in [0.2, 0.25) is 0 Å². The Bertz CT molecular complexity index is 900. The van der Waals surface area contributed by atoms with Gasteiger partial charge in [0.1, 0.15) is 5.82 Å². The lowest BCUT2D eigenvalue weighted by molar-refractivity contribution is 0.0953. The summed E-state index contributed by atoms with van der Waals surface area (Å²) in [5.74, 6) is -0.657. The molecule has 1 aliphatic heterocycles. The van der Waals surface area contributed by atoms with Gasteiger partial charge in [-0.05, 0) is 24.6 Å². The lowest BCUT2D eigenvalue weighted by Crippen LogP contribution is -2.46. The van der Waals surface area contributed by atoms with Gasteiger partial charge >= 0.3 is 6.03 Å². The zero-order valence-electron chi connectivity index (χ0n) is 17.1. The number of nitrogens with one attached hydrogen (secondary N) is 3. The number of halogens is 1. The number of amides is 3. The molecule has 0 saturated carbocycles. The maximum Gasteiger partial charge on any atom is 0.320 e. The molecule has 0 spiro atoms. The van der Waals surface area contributed by atoms with Gasteiger partial charge in [0.05, 0.1) is 11.9 Å². The van der Waals surface area contributed by atoms with Crippen molar-refractivity contribution in [1.29, 1.82) is 0 Å². The smallest absolute Gasteiger partial charge is 0.320 e. The number of anilines is 2. The van der Waals surface area contributed by atoms with Crippen molar-refractivity contribution < 1.29 is 14.0 Å². The predicted molar refractivity (Wildman–Crippen MR) is 112 cm³/mol. The standard InChI is InChI=1S/C20H26FN7O2/c1-3-23-20(30)26-17-10-14(4-5-24-17)13-27-6-8-28(9-7-27)15-11-16(21)18(25-12-15)19(29)22-2/h4-5,10-12H,3,6-9,13H2,1-2H3,(H,22,29)(H2,23,24,26,30). The first-order chi connectivity index (χ1) is 14.5. The molecule has 1 fully saturated rings. The van der Waals surface area contributed by atoms with E-state index in [-0.39, 0.29) is 11.7 Å². The summed E-state index contributed by atoms with van der Waals surface area (Å²) in [6.45, 7) is 6.14. The fraction of sp³-hybridized carbons (Fsp3) is 0.400. The SMILES string of the molecule is CCNC(=O)Nc1cc(CN2CCN(c3cnc(C(=O)NC)c(F)c3)CC2)ccn1. The van der Waals surface area contributed by atoms with Gasteiger partial charge in [0.15, 0.2) is 11.5 Å². The highest BCUT2D eigenvalue weighted by Crippen LogP contribution is 2.19. The molecule has 0 unspecified atom stereocenters. The van der Waals surface area contributed by atoms with E-state index < -0.39 is 11.7 Å². The molecule has 3 amide bonds. The largest absolute Gasteiger partial charge is 0.368 e. The van der Waals surface area contributed by atoms with E-state index in [2.05, 4.69) is 35.7 Å². The quantitative estimate of drug-likeness (QED) is 0.660. The Morgan fingerprint density at radius 3 is 2.60 bits per heavy atom. The van der Waals surface area contributed by atoms with Crippen molar-refractivity contribution in [1.82, 2.24) is 25.5 Å². The average molecular weight is 415 g/mol. The molecule has 1 aliphatic rings. The van der Waals surface area contributed by atoms with E-state index in [0.29, 0.717) is 18.1 Å². The van der Waals surface area contributed by atoms with Gasteiger partial charge < -0.3 is 15.5 Å². The molecule has 3 N–H and O–H groups in total. The molecule has 2 aromatic rings. The van der Waals surface area contributed by atoms with Crippen LogP contribution in [-0.4, -0.2) is 66.6 Å². The van der Waals surface area contributed by atoms with Crippen LogP contribution in [-0.2, 0) is 6.54 Å². The summed E-state index contributed by atoms with van der Waals surface area (Å²) in [7, 11) is 1.44. The number of hydrogen-bond acceptors (Lipinski definition) is 6. The maximum atomic E-state index is 14.2. The van der Waals surface area contributed by atoms with Gasteiger partial charge in [0.25, 0.3) is 5.91 Å². The Balaban J connectivity index is 1.55. The Labute approximate surface area is 174 Å². The third-order valence-electron chi connectivity index (χ3n) is 4.82. The third-order valence-corrected chi connectivity index (χ3v) is 4.82. The number of hydrogen-bond donors (Lipinski definition) is 3. The molecule has 0 aromatic carbocycles. The van der Waals surface area contributed by atoms with Gasteiger partial charge in [-0.15, -0.1) is 0 Å². The first-order valence-corrected chi connectivity index (χ1v) is 9.85. The average Bonchev–Trinajstić information content (AvgIpc) is 2.74. The van der Waals surface area contributed by atoms with E-state index in [1.165, 1.54) is 19.3 Å². The summed E-state index contributed by atoms with van der Waals surface area (Å²) in [6.07, 6.45) is 3.21. The summed E-state index contributed by atoms with van der Waals surface area (Å²) in [6, 6.07) is 4.86. The van der Waals surface area contributed by atoms with Crippen molar-refractivity contribution >= 4 is 23.4 Å². The molecule has 3 rings (SSSR count). The summed E-state index contributed by atoms with van der Waals surface area (Å²) in [5.41, 5.74) is 1.51. The molecule has 10 heteroatoms. The van der Waals surface area contributed by atoms with Crippen LogP contribution >= 0.6 is 0 Å². The highest BCUT2D eigenvalue weighted by Gasteiger charge is 2.20. The van der Waals surface area contributed by atoms with Crippen LogP contribution in [0, 0.1) is 5.82 Å². The van der Waals surface area contributed by atoms with E-state index in [4.69, 9.17) is 0 Å². The van der Waals surface area contributed by atoms with Gasteiger partial charge in [0, 0.05) is 58.6 Å². The second-order valence-corrected chi connectivity index (χ2v) is 6.90. The number of piperazine rings is 1. The van der Waals surface area contributed by atoms with E-state index in [1.54, 1.807) is 6.20 Å². The maximum absolute atomic E-state index is 14.2. The number of urea groups is 1. The lowest BCUT2D eigenvalue weighted by Gasteiger charge is -2.36. The van der Waals surface area contributed by atoms with Gasteiger partial charge in [-0.2, -0.15) is 0 Å². The molecule has 0 aliphatic carbocycles. The highest BCUT2D eigenvalue weighted by molar-refractivity contribution is 5.92. The third kappa shape index (κ3) is 5.41. The Kier molecular flexibility index (Phi) is 7.12. The van der Waals surface area contributed by atoms with Crippen LogP contribution in [0.15, 0.2) is 30.6 Å². The molecule has 9 nitrogen and oxygen atoms in total. The second kappa shape index (κ2) is 9.97. The number of carbonyl (C=O) groups excluding carboxylic acids is 2. The number of pyridine rings is 2. The van der Waals surface area contributed by atoms with Gasteiger partial charge in [-0.1, -0.05) is 0 Å². The fourth-order valence-corrected chi connectivity index (χ4v) is 3.27. The zero-order chi connectivity index (χ0) is 21.5. The van der Waals surface area contributed by atoms with Crippen molar-refractivity contribution in [2.24, 2.45) is 0 Å².